The summed E-state index contributed by atoms with van der Waals surface area (Å²) in [4.78, 5) is 0. The molecule has 0 saturated heterocycles. The van der Waals surface area contributed by atoms with Gasteiger partial charge in [0.05, 0.1) is 11.0 Å². The standard InChI is InChI=1S/C30H20BrN/c31-28-14-8-7-13-25(28)23-15-17-26-27-19-22(21-9-3-1-4-10-21)16-18-29(27)32(30(26)20-23)24-11-5-2-6-12-24/h1-20H. The largest absolute Gasteiger partial charge is 0.309 e. The Labute approximate surface area is 195 Å². The number of fused-ring (bicyclic) bond motifs is 3. The maximum atomic E-state index is 3.72. The van der Waals surface area contributed by atoms with Gasteiger partial charge in [-0.3, -0.25) is 0 Å². The highest BCUT2D eigenvalue weighted by atomic mass is 79.9. The van der Waals surface area contributed by atoms with Crippen molar-refractivity contribution < 1.29 is 0 Å². The Morgan fingerprint density at radius 2 is 1.16 bits per heavy atom. The molecule has 5 aromatic carbocycles. The summed E-state index contributed by atoms with van der Waals surface area (Å²) < 4.78 is 3.48. The fraction of sp³-hybridized carbons (Fsp3) is 0. The molecule has 0 atom stereocenters. The van der Waals surface area contributed by atoms with E-state index in [1.807, 2.05) is 0 Å². The van der Waals surface area contributed by atoms with Gasteiger partial charge in [-0.2, -0.15) is 0 Å². The maximum Gasteiger partial charge on any atom is 0.0547 e. The molecule has 1 aromatic heterocycles. The van der Waals surface area contributed by atoms with Crippen molar-refractivity contribution >= 4 is 37.7 Å². The lowest BCUT2D eigenvalue weighted by molar-refractivity contribution is 1.18. The highest BCUT2D eigenvalue weighted by Crippen LogP contribution is 2.38. The van der Waals surface area contributed by atoms with Crippen molar-refractivity contribution in [2.24, 2.45) is 0 Å². The minimum absolute atomic E-state index is 1.10. The van der Waals surface area contributed by atoms with Crippen LogP contribution in [0.4, 0.5) is 0 Å². The molecule has 0 fully saturated rings. The SMILES string of the molecule is Brc1ccccc1-c1ccc2c3cc(-c4ccccc4)ccc3n(-c3ccccc3)c2c1. The van der Waals surface area contributed by atoms with Crippen LogP contribution in [-0.4, -0.2) is 4.57 Å². The molecule has 152 valence electrons. The van der Waals surface area contributed by atoms with Crippen LogP contribution < -0.4 is 0 Å². The average molecular weight is 474 g/mol. The molecule has 0 radical (unpaired) electrons. The lowest BCUT2D eigenvalue weighted by Gasteiger charge is -2.10. The highest BCUT2D eigenvalue weighted by Gasteiger charge is 2.15. The van der Waals surface area contributed by atoms with E-state index in [2.05, 4.69) is 142 Å². The van der Waals surface area contributed by atoms with Gasteiger partial charge in [-0.25, -0.2) is 0 Å². The number of aromatic nitrogens is 1. The van der Waals surface area contributed by atoms with Crippen LogP contribution in [0.2, 0.25) is 0 Å². The van der Waals surface area contributed by atoms with Crippen molar-refractivity contribution in [3.05, 3.63) is 126 Å². The molecule has 0 amide bonds. The Balaban J connectivity index is 1.67. The molecule has 0 N–H and O–H groups in total. The molecule has 6 rings (SSSR count). The van der Waals surface area contributed by atoms with Gasteiger partial charge in [-0.05, 0) is 58.7 Å². The maximum absolute atomic E-state index is 3.72. The Morgan fingerprint density at radius 3 is 1.94 bits per heavy atom. The molecule has 0 unspecified atom stereocenters. The summed E-state index contributed by atoms with van der Waals surface area (Å²) in [5.41, 5.74) is 8.47. The summed E-state index contributed by atoms with van der Waals surface area (Å²) in [6, 6.07) is 43.2. The van der Waals surface area contributed by atoms with E-state index in [1.165, 1.54) is 49.7 Å². The predicted octanol–water partition coefficient (Wildman–Crippen LogP) is 8.88. The van der Waals surface area contributed by atoms with Crippen LogP contribution in [0.5, 0.6) is 0 Å². The second kappa shape index (κ2) is 7.81. The Kier molecular flexibility index (Phi) is 4.66. The first-order chi connectivity index (χ1) is 15.8. The number of hydrogen-bond donors (Lipinski definition) is 0. The first-order valence-electron chi connectivity index (χ1n) is 10.7. The van der Waals surface area contributed by atoms with E-state index in [9.17, 15) is 0 Å². The van der Waals surface area contributed by atoms with Gasteiger partial charge in [-0.15, -0.1) is 0 Å². The summed E-state index contributed by atoms with van der Waals surface area (Å²) in [5.74, 6) is 0. The van der Waals surface area contributed by atoms with Crippen molar-refractivity contribution in [3.8, 4) is 27.9 Å². The molecule has 1 nitrogen and oxygen atoms in total. The topological polar surface area (TPSA) is 4.93 Å². The monoisotopic (exact) mass is 473 g/mol. The van der Waals surface area contributed by atoms with Gasteiger partial charge in [0, 0.05) is 20.9 Å². The number of hydrogen-bond acceptors (Lipinski definition) is 0. The summed E-state index contributed by atoms with van der Waals surface area (Å²) >= 11 is 3.72. The molecule has 0 spiro atoms. The molecule has 0 saturated carbocycles. The Morgan fingerprint density at radius 1 is 0.469 bits per heavy atom. The van der Waals surface area contributed by atoms with Crippen molar-refractivity contribution in [2.75, 3.05) is 0 Å². The lowest BCUT2D eigenvalue weighted by Crippen LogP contribution is -1.93. The van der Waals surface area contributed by atoms with Gasteiger partial charge in [0.1, 0.15) is 0 Å². The zero-order valence-corrected chi connectivity index (χ0v) is 19.0. The second-order valence-corrected chi connectivity index (χ2v) is 8.84. The normalized spacial score (nSPS) is 11.3. The van der Waals surface area contributed by atoms with Crippen molar-refractivity contribution in [3.63, 3.8) is 0 Å². The Hall–Kier alpha value is -3.62. The van der Waals surface area contributed by atoms with Gasteiger partial charge in [0.25, 0.3) is 0 Å². The van der Waals surface area contributed by atoms with E-state index in [0.717, 1.165) is 4.47 Å². The first-order valence-corrected chi connectivity index (χ1v) is 11.5. The smallest absolute Gasteiger partial charge is 0.0547 e. The third-order valence-corrected chi connectivity index (χ3v) is 6.76. The zero-order valence-electron chi connectivity index (χ0n) is 17.4. The molecular formula is C30H20BrN. The average Bonchev–Trinajstić information content (AvgIpc) is 3.18. The van der Waals surface area contributed by atoms with Gasteiger partial charge in [0.15, 0.2) is 0 Å². The minimum atomic E-state index is 1.10. The molecule has 0 aliphatic carbocycles. The van der Waals surface area contributed by atoms with E-state index >= 15 is 0 Å². The molecule has 32 heavy (non-hydrogen) atoms. The number of para-hydroxylation sites is 1. The van der Waals surface area contributed by atoms with Crippen LogP contribution in [-0.2, 0) is 0 Å². The van der Waals surface area contributed by atoms with E-state index in [0.29, 0.717) is 0 Å². The van der Waals surface area contributed by atoms with Gasteiger partial charge < -0.3 is 4.57 Å². The number of nitrogens with zero attached hydrogens (tertiary/aromatic N) is 1. The molecule has 1 heterocycles. The third-order valence-electron chi connectivity index (χ3n) is 6.07. The molecular weight excluding hydrogens is 454 g/mol. The third kappa shape index (κ3) is 3.16. The fourth-order valence-electron chi connectivity index (χ4n) is 4.55. The molecule has 6 aromatic rings. The molecule has 0 aliphatic rings. The van der Waals surface area contributed by atoms with Crippen LogP contribution in [0.3, 0.4) is 0 Å². The van der Waals surface area contributed by atoms with Crippen molar-refractivity contribution in [2.45, 2.75) is 0 Å². The Bertz CT molecular complexity index is 1560. The van der Waals surface area contributed by atoms with Crippen molar-refractivity contribution in [1.82, 2.24) is 4.57 Å². The summed E-state index contributed by atoms with van der Waals surface area (Å²) in [5, 5.41) is 2.53. The number of rotatable bonds is 3. The summed E-state index contributed by atoms with van der Waals surface area (Å²) in [6.07, 6.45) is 0. The van der Waals surface area contributed by atoms with Gasteiger partial charge in [-0.1, -0.05) is 101 Å². The van der Waals surface area contributed by atoms with Crippen molar-refractivity contribution in [1.29, 1.82) is 0 Å². The van der Waals surface area contributed by atoms with Crippen LogP contribution in [0.15, 0.2) is 126 Å². The van der Waals surface area contributed by atoms with Gasteiger partial charge >= 0.3 is 0 Å². The second-order valence-electron chi connectivity index (χ2n) is 7.98. The predicted molar refractivity (Wildman–Crippen MR) is 139 cm³/mol. The zero-order chi connectivity index (χ0) is 21.5. The minimum Gasteiger partial charge on any atom is -0.309 e. The van der Waals surface area contributed by atoms with E-state index in [4.69, 9.17) is 0 Å². The fourth-order valence-corrected chi connectivity index (χ4v) is 5.06. The van der Waals surface area contributed by atoms with E-state index in [-0.39, 0.29) is 0 Å². The van der Waals surface area contributed by atoms with E-state index in [1.54, 1.807) is 0 Å². The van der Waals surface area contributed by atoms with E-state index < -0.39 is 0 Å². The first kappa shape index (κ1) is 19.1. The molecule has 0 bridgehead atoms. The summed E-state index contributed by atoms with van der Waals surface area (Å²) in [7, 11) is 0. The number of halogens is 1. The van der Waals surface area contributed by atoms with Gasteiger partial charge in [0.2, 0.25) is 0 Å². The molecule has 2 heteroatoms. The van der Waals surface area contributed by atoms with Crippen LogP contribution in [0, 0.1) is 0 Å². The summed E-state index contributed by atoms with van der Waals surface area (Å²) in [6.45, 7) is 0. The van der Waals surface area contributed by atoms with Crippen LogP contribution in [0.25, 0.3) is 49.7 Å². The highest BCUT2D eigenvalue weighted by molar-refractivity contribution is 9.10. The quantitative estimate of drug-likeness (QED) is 0.241. The number of benzene rings is 5. The lowest BCUT2D eigenvalue weighted by atomic mass is 10.0. The van der Waals surface area contributed by atoms with Crippen LogP contribution in [0.1, 0.15) is 0 Å². The van der Waals surface area contributed by atoms with Crippen LogP contribution >= 0.6 is 15.9 Å². The molecule has 0 aliphatic heterocycles.